The Morgan fingerprint density at radius 3 is 2.15 bits per heavy atom. The summed E-state index contributed by atoms with van der Waals surface area (Å²) in [6, 6.07) is 11.2. The Labute approximate surface area is 170 Å². The third kappa shape index (κ3) is 4.07. The summed E-state index contributed by atoms with van der Waals surface area (Å²) in [4.78, 5) is 14.5. The number of amides is 1. The van der Waals surface area contributed by atoms with Crippen LogP contribution in [0.4, 0.5) is 0 Å². The highest BCUT2D eigenvalue weighted by Crippen LogP contribution is 2.24. The van der Waals surface area contributed by atoms with Crippen LogP contribution in [0.25, 0.3) is 0 Å². The molecule has 1 aliphatic heterocycles. The molecule has 9 heteroatoms. The Morgan fingerprint density at radius 1 is 0.962 bits per heavy atom. The summed E-state index contributed by atoms with van der Waals surface area (Å²) < 4.78 is 27.6. The maximum atomic E-state index is 12.7. The van der Waals surface area contributed by atoms with Gasteiger partial charge in [-0.25, -0.2) is 8.42 Å². The van der Waals surface area contributed by atoms with Crippen LogP contribution in [-0.4, -0.2) is 49.7 Å². The van der Waals surface area contributed by atoms with E-state index in [1.165, 1.54) is 10.4 Å². The minimum Gasteiger partial charge on any atom is -0.336 e. The molecule has 1 amide bonds. The molecule has 0 bridgehead atoms. The van der Waals surface area contributed by atoms with Crippen LogP contribution in [0.2, 0.25) is 10.0 Å². The van der Waals surface area contributed by atoms with Crippen LogP contribution in [0.15, 0.2) is 51.8 Å². The molecule has 0 unspecified atom stereocenters. The van der Waals surface area contributed by atoms with E-state index in [9.17, 15) is 13.2 Å². The van der Waals surface area contributed by atoms with Crippen LogP contribution in [0.3, 0.4) is 0 Å². The van der Waals surface area contributed by atoms with Gasteiger partial charge < -0.3 is 4.90 Å². The Kier molecular flexibility index (Phi) is 5.94. The van der Waals surface area contributed by atoms with Gasteiger partial charge in [0.05, 0.1) is 15.5 Å². The van der Waals surface area contributed by atoms with Gasteiger partial charge in [-0.2, -0.15) is 4.31 Å². The van der Waals surface area contributed by atoms with E-state index in [2.05, 4.69) is 15.9 Å². The highest BCUT2D eigenvalue weighted by atomic mass is 79.9. The van der Waals surface area contributed by atoms with Crippen LogP contribution < -0.4 is 0 Å². The van der Waals surface area contributed by atoms with E-state index in [4.69, 9.17) is 23.2 Å². The number of carbonyl (C=O) groups excluding carboxylic acids is 1. The number of sulfonamides is 1. The third-order valence-electron chi connectivity index (χ3n) is 4.14. The second-order valence-electron chi connectivity index (χ2n) is 5.77. The van der Waals surface area contributed by atoms with Crippen molar-refractivity contribution in [2.75, 3.05) is 26.2 Å². The first-order valence-corrected chi connectivity index (χ1v) is 10.8. The smallest absolute Gasteiger partial charge is 0.255 e. The molecule has 0 aromatic heterocycles. The number of hydrogen-bond acceptors (Lipinski definition) is 3. The van der Waals surface area contributed by atoms with E-state index < -0.39 is 10.0 Å². The van der Waals surface area contributed by atoms with Crippen molar-refractivity contribution in [2.45, 2.75) is 4.90 Å². The summed E-state index contributed by atoms with van der Waals surface area (Å²) in [6.45, 7) is 1.06. The van der Waals surface area contributed by atoms with Gasteiger partial charge >= 0.3 is 0 Å². The largest absolute Gasteiger partial charge is 0.336 e. The minimum absolute atomic E-state index is 0.229. The van der Waals surface area contributed by atoms with E-state index in [-0.39, 0.29) is 28.9 Å². The number of benzene rings is 2. The molecular weight excluding hydrogens is 463 g/mol. The highest BCUT2D eigenvalue weighted by molar-refractivity contribution is 9.10. The van der Waals surface area contributed by atoms with Crippen molar-refractivity contribution in [1.29, 1.82) is 0 Å². The van der Waals surface area contributed by atoms with Gasteiger partial charge in [0.1, 0.15) is 0 Å². The highest BCUT2D eigenvalue weighted by Gasteiger charge is 2.30. The lowest BCUT2D eigenvalue weighted by molar-refractivity contribution is 0.0698. The summed E-state index contributed by atoms with van der Waals surface area (Å²) in [6.07, 6.45) is 0. The molecule has 3 rings (SSSR count). The minimum atomic E-state index is -3.58. The van der Waals surface area contributed by atoms with E-state index >= 15 is 0 Å². The number of halogens is 3. The normalized spacial score (nSPS) is 15.9. The fourth-order valence-corrected chi connectivity index (χ4v) is 4.90. The first kappa shape index (κ1) is 19.6. The SMILES string of the molecule is O=C(c1ccc(Cl)cc1Cl)N1CCN(S(=O)(=O)c2ccc(Br)cc2)CC1. The number of rotatable bonds is 3. The van der Waals surface area contributed by atoms with Crippen LogP contribution in [0.1, 0.15) is 10.4 Å². The maximum absolute atomic E-state index is 12.7. The lowest BCUT2D eigenvalue weighted by atomic mass is 10.2. The zero-order valence-electron chi connectivity index (χ0n) is 13.5. The summed E-state index contributed by atoms with van der Waals surface area (Å²) in [5, 5.41) is 0.740. The third-order valence-corrected chi connectivity index (χ3v) is 7.13. The molecule has 2 aromatic rings. The molecule has 138 valence electrons. The molecule has 2 aromatic carbocycles. The second kappa shape index (κ2) is 7.86. The van der Waals surface area contributed by atoms with Crippen molar-refractivity contribution in [3.63, 3.8) is 0 Å². The summed E-state index contributed by atoms with van der Waals surface area (Å²) in [5.41, 5.74) is 0.361. The van der Waals surface area contributed by atoms with Crippen LogP contribution >= 0.6 is 39.1 Å². The van der Waals surface area contributed by atoms with Crippen LogP contribution in [-0.2, 0) is 10.0 Å². The van der Waals surface area contributed by atoms with E-state index in [0.29, 0.717) is 23.7 Å². The molecule has 0 N–H and O–H groups in total. The molecule has 0 saturated carbocycles. The number of piperazine rings is 1. The average Bonchev–Trinajstić information content (AvgIpc) is 2.62. The monoisotopic (exact) mass is 476 g/mol. The lowest BCUT2D eigenvalue weighted by Gasteiger charge is -2.34. The molecule has 1 fully saturated rings. The Bertz CT molecular complexity index is 928. The fraction of sp³-hybridized carbons (Fsp3) is 0.235. The molecule has 1 heterocycles. The van der Waals surface area contributed by atoms with E-state index in [1.54, 1.807) is 41.3 Å². The summed E-state index contributed by atoms with van der Waals surface area (Å²) in [5.74, 6) is -0.229. The van der Waals surface area contributed by atoms with E-state index in [1.807, 2.05) is 0 Å². The first-order chi connectivity index (χ1) is 12.3. The Morgan fingerprint density at radius 2 is 1.58 bits per heavy atom. The standard InChI is InChI=1S/C17H15BrCl2N2O3S/c18-12-1-4-14(5-2-12)26(24,25)22-9-7-21(8-10-22)17(23)15-6-3-13(19)11-16(15)20/h1-6,11H,7-10H2. The van der Waals surface area contributed by atoms with Crippen molar-refractivity contribution in [2.24, 2.45) is 0 Å². The van der Waals surface area contributed by atoms with Gasteiger partial charge in [-0.1, -0.05) is 39.1 Å². The van der Waals surface area contributed by atoms with Crippen molar-refractivity contribution in [3.05, 3.63) is 62.5 Å². The van der Waals surface area contributed by atoms with Crippen molar-refractivity contribution < 1.29 is 13.2 Å². The van der Waals surface area contributed by atoms with Gasteiger partial charge in [0.2, 0.25) is 10.0 Å². The summed E-state index contributed by atoms with van der Waals surface area (Å²) >= 11 is 15.2. The van der Waals surface area contributed by atoms with Crippen molar-refractivity contribution in [1.82, 2.24) is 9.21 Å². The Hall–Kier alpha value is -1.12. The zero-order chi connectivity index (χ0) is 18.9. The topological polar surface area (TPSA) is 57.7 Å². The van der Waals surface area contributed by atoms with Gasteiger partial charge in [-0.15, -0.1) is 0 Å². The van der Waals surface area contributed by atoms with Crippen molar-refractivity contribution in [3.8, 4) is 0 Å². The molecule has 1 saturated heterocycles. The molecule has 5 nitrogen and oxygen atoms in total. The maximum Gasteiger partial charge on any atom is 0.255 e. The molecule has 0 aliphatic carbocycles. The molecule has 0 radical (unpaired) electrons. The van der Waals surface area contributed by atoms with Gasteiger partial charge in [0.25, 0.3) is 5.91 Å². The quantitative estimate of drug-likeness (QED) is 0.673. The zero-order valence-corrected chi connectivity index (χ0v) is 17.4. The average molecular weight is 478 g/mol. The number of carbonyl (C=O) groups is 1. The molecular formula is C17H15BrCl2N2O3S. The van der Waals surface area contributed by atoms with Gasteiger partial charge in [0.15, 0.2) is 0 Å². The molecule has 0 atom stereocenters. The molecule has 1 aliphatic rings. The van der Waals surface area contributed by atoms with Crippen molar-refractivity contribution >= 4 is 55.1 Å². The van der Waals surface area contributed by atoms with Crippen LogP contribution in [0, 0.1) is 0 Å². The molecule has 0 spiro atoms. The van der Waals surface area contributed by atoms with Gasteiger partial charge in [0, 0.05) is 35.7 Å². The fourth-order valence-electron chi connectivity index (χ4n) is 2.72. The number of hydrogen-bond donors (Lipinski definition) is 0. The second-order valence-corrected chi connectivity index (χ2v) is 9.47. The Balaban J connectivity index is 1.70. The predicted molar refractivity (Wildman–Crippen MR) is 105 cm³/mol. The molecule has 26 heavy (non-hydrogen) atoms. The van der Waals surface area contributed by atoms with Gasteiger partial charge in [-0.05, 0) is 42.5 Å². The lowest BCUT2D eigenvalue weighted by Crippen LogP contribution is -2.50. The van der Waals surface area contributed by atoms with Gasteiger partial charge in [-0.3, -0.25) is 4.79 Å². The van der Waals surface area contributed by atoms with E-state index in [0.717, 1.165) is 4.47 Å². The summed E-state index contributed by atoms with van der Waals surface area (Å²) in [7, 11) is -3.58. The number of nitrogens with zero attached hydrogens (tertiary/aromatic N) is 2. The first-order valence-electron chi connectivity index (χ1n) is 7.79. The van der Waals surface area contributed by atoms with Crippen LogP contribution in [0.5, 0.6) is 0 Å². The predicted octanol–water partition coefficient (Wildman–Crippen LogP) is 3.90.